The zero-order valence-corrected chi connectivity index (χ0v) is 13.3. The first-order valence-electron chi connectivity index (χ1n) is 7.91. The maximum absolute atomic E-state index is 11.0. The number of hydrogen-bond donors (Lipinski definition) is 2. The van der Waals surface area contributed by atoms with Gasteiger partial charge >= 0.3 is 5.97 Å². The number of carbonyl (C=O) groups is 1. The highest BCUT2D eigenvalue weighted by Gasteiger charge is 2.31. The molecule has 1 unspecified atom stereocenters. The molecule has 116 valence electrons. The van der Waals surface area contributed by atoms with Gasteiger partial charge in [-0.1, -0.05) is 51.1 Å². The molecule has 0 aromatic heterocycles. The van der Waals surface area contributed by atoms with Crippen LogP contribution in [0.4, 0.5) is 0 Å². The van der Waals surface area contributed by atoms with Crippen LogP contribution in [0.25, 0.3) is 0 Å². The third kappa shape index (κ3) is 4.31. The van der Waals surface area contributed by atoms with E-state index < -0.39 is 5.97 Å². The Morgan fingerprint density at radius 1 is 1.14 bits per heavy atom. The van der Waals surface area contributed by atoms with Gasteiger partial charge in [0.1, 0.15) is 0 Å². The first-order valence-corrected chi connectivity index (χ1v) is 7.91. The van der Waals surface area contributed by atoms with Crippen molar-refractivity contribution in [3.8, 4) is 0 Å². The van der Waals surface area contributed by atoms with Gasteiger partial charge in [0.2, 0.25) is 0 Å². The fourth-order valence-electron chi connectivity index (χ4n) is 3.23. The second-order valence-corrected chi connectivity index (χ2v) is 7.26. The summed E-state index contributed by atoms with van der Waals surface area (Å²) in [5, 5.41) is 12.9. The average molecular weight is 289 g/mol. The predicted octanol–water partition coefficient (Wildman–Crippen LogP) is 4.01. The lowest BCUT2D eigenvalue weighted by molar-refractivity contribution is -0.142. The molecule has 2 N–H and O–H groups in total. The molecule has 1 aliphatic carbocycles. The second-order valence-electron chi connectivity index (χ2n) is 7.26. The highest BCUT2D eigenvalue weighted by molar-refractivity contribution is 5.70. The Bertz CT molecular complexity index is 456. The van der Waals surface area contributed by atoms with Gasteiger partial charge in [0.05, 0.1) is 5.92 Å². The Hall–Kier alpha value is -1.35. The molecule has 1 atom stereocenters. The van der Waals surface area contributed by atoms with Crippen molar-refractivity contribution >= 4 is 5.97 Å². The van der Waals surface area contributed by atoms with Crippen LogP contribution in [-0.2, 0) is 4.79 Å². The Morgan fingerprint density at radius 3 is 2.19 bits per heavy atom. The standard InChI is InChI=1S/C18H27NO2/c1-18(2,3)16(13-7-5-4-6-8-13)19-15-11-9-14(10-12-15)17(20)21/h4-8,14-16,19H,9-12H2,1-3H3,(H,20,21). The van der Waals surface area contributed by atoms with Crippen LogP contribution >= 0.6 is 0 Å². The molecule has 0 radical (unpaired) electrons. The number of carboxylic acids is 1. The molecule has 0 aliphatic heterocycles. The van der Waals surface area contributed by atoms with Gasteiger partial charge in [-0.25, -0.2) is 0 Å². The first-order chi connectivity index (χ1) is 9.88. The molecule has 1 aliphatic rings. The number of hydrogen-bond acceptors (Lipinski definition) is 2. The summed E-state index contributed by atoms with van der Waals surface area (Å²) in [6.07, 6.45) is 3.49. The van der Waals surface area contributed by atoms with Gasteiger partial charge in [-0.3, -0.25) is 4.79 Å². The minimum Gasteiger partial charge on any atom is -0.481 e. The maximum atomic E-state index is 11.0. The third-order valence-electron chi connectivity index (χ3n) is 4.48. The molecule has 0 saturated heterocycles. The predicted molar refractivity (Wildman–Crippen MR) is 85.2 cm³/mol. The van der Waals surface area contributed by atoms with E-state index in [1.165, 1.54) is 5.56 Å². The highest BCUT2D eigenvalue weighted by atomic mass is 16.4. The summed E-state index contributed by atoms with van der Waals surface area (Å²) in [5.41, 5.74) is 1.44. The molecule has 1 saturated carbocycles. The molecule has 0 amide bonds. The topological polar surface area (TPSA) is 49.3 Å². The number of rotatable bonds is 4. The van der Waals surface area contributed by atoms with Crippen molar-refractivity contribution < 1.29 is 9.90 Å². The number of benzene rings is 1. The van der Waals surface area contributed by atoms with E-state index in [1.807, 2.05) is 6.07 Å². The Balaban J connectivity index is 2.03. The fraction of sp³-hybridized carbons (Fsp3) is 0.611. The molecular formula is C18H27NO2. The van der Waals surface area contributed by atoms with E-state index in [0.29, 0.717) is 12.1 Å². The maximum Gasteiger partial charge on any atom is 0.306 e. The normalized spacial score (nSPS) is 24.5. The largest absolute Gasteiger partial charge is 0.481 e. The number of carboxylic acid groups (broad SMARTS) is 1. The van der Waals surface area contributed by atoms with Crippen molar-refractivity contribution in [3.05, 3.63) is 35.9 Å². The van der Waals surface area contributed by atoms with Crippen molar-refractivity contribution in [2.45, 2.75) is 58.5 Å². The van der Waals surface area contributed by atoms with Crippen LogP contribution in [0.15, 0.2) is 30.3 Å². The van der Waals surface area contributed by atoms with E-state index in [2.05, 4.69) is 50.4 Å². The van der Waals surface area contributed by atoms with Gasteiger partial charge < -0.3 is 10.4 Å². The SMILES string of the molecule is CC(C)(C)C(NC1CCC(C(=O)O)CC1)c1ccccc1. The molecule has 3 nitrogen and oxygen atoms in total. The Labute approximate surface area is 127 Å². The molecule has 2 rings (SSSR count). The molecule has 1 fully saturated rings. The smallest absolute Gasteiger partial charge is 0.306 e. The third-order valence-corrected chi connectivity index (χ3v) is 4.48. The number of nitrogens with one attached hydrogen (secondary N) is 1. The lowest BCUT2D eigenvalue weighted by atomic mass is 9.80. The summed E-state index contributed by atoms with van der Waals surface area (Å²) in [4.78, 5) is 11.0. The van der Waals surface area contributed by atoms with Gasteiger partial charge in [0, 0.05) is 12.1 Å². The summed E-state index contributed by atoms with van der Waals surface area (Å²) < 4.78 is 0. The van der Waals surface area contributed by atoms with Crippen LogP contribution < -0.4 is 5.32 Å². The van der Waals surface area contributed by atoms with Crippen LogP contribution in [0.3, 0.4) is 0 Å². The van der Waals surface area contributed by atoms with Crippen LogP contribution in [-0.4, -0.2) is 17.1 Å². The minimum atomic E-state index is -0.635. The van der Waals surface area contributed by atoms with E-state index in [1.54, 1.807) is 0 Å². The first kappa shape index (κ1) is 16.0. The average Bonchev–Trinajstić information content (AvgIpc) is 2.45. The molecule has 0 spiro atoms. The van der Waals surface area contributed by atoms with Crippen molar-refractivity contribution in [1.82, 2.24) is 5.32 Å². The minimum absolute atomic E-state index is 0.130. The summed E-state index contributed by atoms with van der Waals surface area (Å²) in [5.74, 6) is -0.781. The highest BCUT2D eigenvalue weighted by Crippen LogP contribution is 2.35. The lowest BCUT2D eigenvalue weighted by Crippen LogP contribution is -2.41. The van der Waals surface area contributed by atoms with E-state index in [4.69, 9.17) is 5.11 Å². The van der Waals surface area contributed by atoms with Crippen molar-refractivity contribution in [2.24, 2.45) is 11.3 Å². The zero-order valence-electron chi connectivity index (χ0n) is 13.3. The monoisotopic (exact) mass is 289 g/mol. The van der Waals surface area contributed by atoms with Crippen molar-refractivity contribution in [1.29, 1.82) is 0 Å². The van der Waals surface area contributed by atoms with Gasteiger partial charge in [-0.2, -0.15) is 0 Å². The molecule has 1 aromatic carbocycles. The van der Waals surface area contributed by atoms with E-state index >= 15 is 0 Å². The molecule has 21 heavy (non-hydrogen) atoms. The molecule has 0 bridgehead atoms. The van der Waals surface area contributed by atoms with Crippen LogP contribution in [0.2, 0.25) is 0 Å². The zero-order chi connectivity index (χ0) is 15.5. The van der Waals surface area contributed by atoms with Crippen molar-refractivity contribution in [2.75, 3.05) is 0 Å². The van der Waals surface area contributed by atoms with Crippen LogP contribution in [0.5, 0.6) is 0 Å². The van der Waals surface area contributed by atoms with Crippen LogP contribution in [0.1, 0.15) is 58.1 Å². The fourth-order valence-corrected chi connectivity index (χ4v) is 3.23. The van der Waals surface area contributed by atoms with Crippen LogP contribution in [0, 0.1) is 11.3 Å². The molecule has 3 heteroatoms. The van der Waals surface area contributed by atoms with Gasteiger partial charge in [-0.15, -0.1) is 0 Å². The molecule has 0 heterocycles. The number of aliphatic carboxylic acids is 1. The quantitative estimate of drug-likeness (QED) is 0.880. The van der Waals surface area contributed by atoms with E-state index in [0.717, 1.165) is 25.7 Å². The van der Waals surface area contributed by atoms with E-state index in [-0.39, 0.29) is 11.3 Å². The van der Waals surface area contributed by atoms with Gasteiger partial charge in [0.25, 0.3) is 0 Å². The Kier molecular flexibility index (Phi) is 5.04. The van der Waals surface area contributed by atoms with Gasteiger partial charge in [-0.05, 0) is 36.7 Å². The van der Waals surface area contributed by atoms with Gasteiger partial charge in [0.15, 0.2) is 0 Å². The summed E-state index contributed by atoms with van der Waals surface area (Å²) in [6, 6.07) is 11.3. The Morgan fingerprint density at radius 2 is 1.71 bits per heavy atom. The second kappa shape index (κ2) is 6.61. The lowest BCUT2D eigenvalue weighted by Gasteiger charge is -2.37. The summed E-state index contributed by atoms with van der Waals surface area (Å²) >= 11 is 0. The molecule has 1 aromatic rings. The van der Waals surface area contributed by atoms with E-state index in [9.17, 15) is 4.79 Å². The summed E-state index contributed by atoms with van der Waals surface area (Å²) in [6.45, 7) is 6.75. The summed E-state index contributed by atoms with van der Waals surface area (Å²) in [7, 11) is 0. The molecular weight excluding hydrogens is 262 g/mol. The van der Waals surface area contributed by atoms with Crippen molar-refractivity contribution in [3.63, 3.8) is 0 Å².